The molecular formula is C15H28N2O. The molecule has 1 amide bonds. The van der Waals surface area contributed by atoms with Crippen LogP contribution in [0.2, 0.25) is 0 Å². The summed E-state index contributed by atoms with van der Waals surface area (Å²) in [4.78, 5) is 14.3. The number of rotatable bonds is 4. The normalized spacial score (nSPS) is 36.9. The molecule has 0 spiro atoms. The Kier molecular flexibility index (Phi) is 4.31. The van der Waals surface area contributed by atoms with Crippen molar-refractivity contribution >= 4 is 5.91 Å². The summed E-state index contributed by atoms with van der Waals surface area (Å²) >= 11 is 0. The van der Waals surface area contributed by atoms with Gasteiger partial charge in [-0.15, -0.1) is 0 Å². The van der Waals surface area contributed by atoms with E-state index in [4.69, 9.17) is 0 Å². The van der Waals surface area contributed by atoms with Gasteiger partial charge in [0.1, 0.15) is 0 Å². The van der Waals surface area contributed by atoms with E-state index < -0.39 is 0 Å². The molecular weight excluding hydrogens is 224 g/mol. The molecule has 1 heterocycles. The van der Waals surface area contributed by atoms with E-state index in [0.29, 0.717) is 30.3 Å². The molecule has 4 atom stereocenters. The molecule has 0 radical (unpaired) electrons. The van der Waals surface area contributed by atoms with Crippen molar-refractivity contribution in [3.63, 3.8) is 0 Å². The lowest BCUT2D eigenvalue weighted by Crippen LogP contribution is -2.46. The number of amides is 1. The van der Waals surface area contributed by atoms with Gasteiger partial charge in [0.15, 0.2) is 0 Å². The predicted molar refractivity (Wildman–Crippen MR) is 74.1 cm³/mol. The third-order valence-corrected chi connectivity index (χ3v) is 4.87. The van der Waals surface area contributed by atoms with Crippen LogP contribution in [0.3, 0.4) is 0 Å². The maximum absolute atomic E-state index is 12.2. The van der Waals surface area contributed by atoms with Crippen LogP contribution in [0.1, 0.15) is 53.4 Å². The monoisotopic (exact) mass is 252 g/mol. The minimum Gasteiger partial charge on any atom is -0.323 e. The third kappa shape index (κ3) is 2.56. The zero-order valence-electron chi connectivity index (χ0n) is 12.3. The summed E-state index contributed by atoms with van der Waals surface area (Å²) in [5.74, 6) is 2.42. The Morgan fingerprint density at radius 2 is 2.11 bits per heavy atom. The van der Waals surface area contributed by atoms with Crippen molar-refractivity contribution in [3.8, 4) is 0 Å². The van der Waals surface area contributed by atoms with Gasteiger partial charge in [-0.05, 0) is 37.0 Å². The molecule has 2 rings (SSSR count). The molecule has 1 N–H and O–H groups in total. The van der Waals surface area contributed by atoms with Gasteiger partial charge in [-0.1, -0.05) is 34.1 Å². The summed E-state index contributed by atoms with van der Waals surface area (Å²) < 4.78 is 0. The summed E-state index contributed by atoms with van der Waals surface area (Å²) in [6.45, 7) is 9.62. The van der Waals surface area contributed by atoms with Gasteiger partial charge < -0.3 is 4.90 Å². The van der Waals surface area contributed by atoms with Gasteiger partial charge in [-0.3, -0.25) is 10.1 Å². The smallest absolute Gasteiger partial charge is 0.238 e. The van der Waals surface area contributed by atoms with Crippen LogP contribution in [0, 0.1) is 17.8 Å². The number of carbonyl (C=O) groups is 1. The molecule has 2 aliphatic rings. The maximum Gasteiger partial charge on any atom is 0.238 e. The molecule has 1 saturated carbocycles. The molecule has 104 valence electrons. The van der Waals surface area contributed by atoms with Crippen molar-refractivity contribution in [2.45, 2.75) is 65.6 Å². The van der Waals surface area contributed by atoms with E-state index in [-0.39, 0.29) is 6.17 Å². The largest absolute Gasteiger partial charge is 0.323 e. The van der Waals surface area contributed by atoms with Crippen LogP contribution in [0.5, 0.6) is 0 Å². The van der Waals surface area contributed by atoms with Gasteiger partial charge in [-0.25, -0.2) is 0 Å². The second-order valence-corrected chi connectivity index (χ2v) is 6.50. The molecule has 0 aromatic rings. The van der Waals surface area contributed by atoms with Crippen molar-refractivity contribution in [3.05, 3.63) is 0 Å². The van der Waals surface area contributed by atoms with Gasteiger partial charge in [0.25, 0.3) is 0 Å². The molecule has 1 aliphatic heterocycles. The van der Waals surface area contributed by atoms with E-state index in [9.17, 15) is 4.79 Å². The fourth-order valence-corrected chi connectivity index (χ4v) is 3.82. The van der Waals surface area contributed by atoms with Crippen LogP contribution in [0.25, 0.3) is 0 Å². The first-order chi connectivity index (χ1) is 8.54. The zero-order valence-corrected chi connectivity index (χ0v) is 12.3. The van der Waals surface area contributed by atoms with E-state index in [1.165, 1.54) is 19.3 Å². The highest BCUT2D eigenvalue weighted by atomic mass is 16.2. The highest BCUT2D eigenvalue weighted by Crippen LogP contribution is 2.38. The predicted octanol–water partition coefficient (Wildman–Crippen LogP) is 2.62. The van der Waals surface area contributed by atoms with Crippen LogP contribution in [0.4, 0.5) is 0 Å². The SMILES string of the molecule is CCC1CCC(N2C(=O)CNC2CC(C)C)C1C. The van der Waals surface area contributed by atoms with Crippen molar-refractivity contribution < 1.29 is 4.79 Å². The Morgan fingerprint density at radius 1 is 1.39 bits per heavy atom. The number of hydrogen-bond acceptors (Lipinski definition) is 2. The van der Waals surface area contributed by atoms with Crippen LogP contribution < -0.4 is 5.32 Å². The highest BCUT2D eigenvalue weighted by Gasteiger charge is 2.42. The van der Waals surface area contributed by atoms with Gasteiger partial charge >= 0.3 is 0 Å². The average Bonchev–Trinajstić information content (AvgIpc) is 2.82. The quantitative estimate of drug-likeness (QED) is 0.834. The molecule has 1 aliphatic carbocycles. The number of nitrogens with zero attached hydrogens (tertiary/aromatic N) is 1. The number of hydrogen-bond donors (Lipinski definition) is 1. The fourth-order valence-electron chi connectivity index (χ4n) is 3.82. The first-order valence-electron chi connectivity index (χ1n) is 7.59. The third-order valence-electron chi connectivity index (χ3n) is 4.87. The minimum atomic E-state index is 0.278. The van der Waals surface area contributed by atoms with Crippen LogP contribution in [0.15, 0.2) is 0 Å². The van der Waals surface area contributed by atoms with E-state index in [1.807, 2.05) is 0 Å². The summed E-state index contributed by atoms with van der Waals surface area (Å²) in [5.41, 5.74) is 0. The summed E-state index contributed by atoms with van der Waals surface area (Å²) in [5, 5.41) is 3.39. The summed E-state index contributed by atoms with van der Waals surface area (Å²) in [7, 11) is 0. The lowest BCUT2D eigenvalue weighted by Gasteiger charge is -2.34. The molecule has 3 heteroatoms. The van der Waals surface area contributed by atoms with Crippen LogP contribution in [-0.2, 0) is 4.79 Å². The van der Waals surface area contributed by atoms with E-state index in [0.717, 1.165) is 12.3 Å². The summed E-state index contributed by atoms with van der Waals surface area (Å²) in [6.07, 6.45) is 5.09. The lowest BCUT2D eigenvalue weighted by molar-refractivity contribution is -0.131. The number of carbonyl (C=O) groups excluding carboxylic acids is 1. The Hall–Kier alpha value is -0.570. The lowest BCUT2D eigenvalue weighted by atomic mass is 9.92. The van der Waals surface area contributed by atoms with Crippen molar-refractivity contribution in [1.29, 1.82) is 0 Å². The number of nitrogens with one attached hydrogen (secondary N) is 1. The van der Waals surface area contributed by atoms with Gasteiger partial charge in [0.2, 0.25) is 5.91 Å². The standard InChI is InChI=1S/C15H28N2O/c1-5-12-6-7-13(11(12)4)17-14(8-10(2)3)16-9-15(17)18/h10-14,16H,5-9H2,1-4H3. The van der Waals surface area contributed by atoms with Gasteiger partial charge in [0, 0.05) is 6.04 Å². The molecule has 18 heavy (non-hydrogen) atoms. The Balaban J connectivity index is 2.07. The zero-order chi connectivity index (χ0) is 13.3. The van der Waals surface area contributed by atoms with Crippen LogP contribution >= 0.6 is 0 Å². The molecule has 1 saturated heterocycles. The topological polar surface area (TPSA) is 32.3 Å². The van der Waals surface area contributed by atoms with Crippen molar-refractivity contribution in [2.24, 2.45) is 17.8 Å². The minimum absolute atomic E-state index is 0.278. The maximum atomic E-state index is 12.2. The average molecular weight is 252 g/mol. The molecule has 0 aromatic heterocycles. The molecule has 2 fully saturated rings. The van der Waals surface area contributed by atoms with Crippen molar-refractivity contribution in [1.82, 2.24) is 10.2 Å². The first-order valence-corrected chi connectivity index (χ1v) is 7.59. The fraction of sp³-hybridized carbons (Fsp3) is 0.933. The Bertz CT molecular complexity index is 303. The van der Waals surface area contributed by atoms with Crippen molar-refractivity contribution in [2.75, 3.05) is 6.54 Å². The molecule has 4 unspecified atom stereocenters. The molecule has 3 nitrogen and oxygen atoms in total. The van der Waals surface area contributed by atoms with E-state index in [1.54, 1.807) is 0 Å². The van der Waals surface area contributed by atoms with Gasteiger partial charge in [-0.2, -0.15) is 0 Å². The first kappa shape index (κ1) is 13.9. The van der Waals surface area contributed by atoms with Gasteiger partial charge in [0.05, 0.1) is 12.7 Å². The highest BCUT2D eigenvalue weighted by molar-refractivity contribution is 5.81. The molecule has 0 bridgehead atoms. The van der Waals surface area contributed by atoms with E-state index >= 15 is 0 Å². The molecule has 0 aromatic carbocycles. The van der Waals surface area contributed by atoms with E-state index in [2.05, 4.69) is 37.9 Å². The summed E-state index contributed by atoms with van der Waals surface area (Å²) in [6, 6.07) is 0.473. The van der Waals surface area contributed by atoms with Crippen LogP contribution in [-0.4, -0.2) is 29.6 Å². The second kappa shape index (κ2) is 5.60. The second-order valence-electron chi connectivity index (χ2n) is 6.50. The Labute approximate surface area is 111 Å². The Morgan fingerprint density at radius 3 is 2.67 bits per heavy atom.